The van der Waals surface area contributed by atoms with Crippen molar-refractivity contribution in [2.45, 2.75) is 58.9 Å². The van der Waals surface area contributed by atoms with E-state index in [0.717, 1.165) is 12.8 Å². The van der Waals surface area contributed by atoms with Gasteiger partial charge in [-0.2, -0.15) is 0 Å². The summed E-state index contributed by atoms with van der Waals surface area (Å²) < 4.78 is 0. The number of benzene rings is 1. The van der Waals surface area contributed by atoms with Gasteiger partial charge in [0.2, 0.25) is 5.91 Å². The number of rotatable bonds is 8. The number of amides is 2. The van der Waals surface area contributed by atoms with Crippen molar-refractivity contribution in [1.82, 2.24) is 5.32 Å². The molecule has 0 heterocycles. The summed E-state index contributed by atoms with van der Waals surface area (Å²) in [5, 5.41) is 5.69. The molecule has 0 bridgehead atoms. The summed E-state index contributed by atoms with van der Waals surface area (Å²) in [6.45, 7) is 5.69. The second-order valence-corrected chi connectivity index (χ2v) is 5.48. The lowest BCUT2D eigenvalue weighted by Gasteiger charge is -2.14. The summed E-state index contributed by atoms with van der Waals surface area (Å²) in [4.78, 5) is 23.0. The van der Waals surface area contributed by atoms with E-state index in [4.69, 9.17) is 0 Å². The Kier molecular flexibility index (Phi) is 7.51. The van der Waals surface area contributed by atoms with Crippen LogP contribution in [-0.2, 0) is 4.79 Å². The van der Waals surface area contributed by atoms with E-state index in [-0.39, 0.29) is 17.9 Å². The first kappa shape index (κ1) is 17.2. The second kappa shape index (κ2) is 9.16. The molecular weight excluding hydrogens is 264 g/mol. The lowest BCUT2D eigenvalue weighted by molar-refractivity contribution is -0.114. The Labute approximate surface area is 127 Å². The van der Waals surface area contributed by atoms with Crippen molar-refractivity contribution in [2.24, 2.45) is 0 Å². The maximum Gasteiger partial charge on any atom is 0.251 e. The van der Waals surface area contributed by atoms with Gasteiger partial charge in [0, 0.05) is 24.2 Å². The topological polar surface area (TPSA) is 58.2 Å². The largest absolute Gasteiger partial charge is 0.350 e. The number of unbranched alkanes of at least 4 members (excludes halogenated alkanes) is 3. The molecule has 0 aliphatic heterocycles. The van der Waals surface area contributed by atoms with E-state index in [9.17, 15) is 9.59 Å². The maximum atomic E-state index is 12.1. The molecule has 2 N–H and O–H groups in total. The minimum absolute atomic E-state index is 0.0626. The molecule has 0 spiro atoms. The predicted molar refractivity (Wildman–Crippen MR) is 86.4 cm³/mol. The number of carbonyl (C=O) groups is 2. The number of hydrogen-bond acceptors (Lipinski definition) is 2. The van der Waals surface area contributed by atoms with Crippen molar-refractivity contribution < 1.29 is 9.59 Å². The third-order valence-corrected chi connectivity index (χ3v) is 3.34. The molecule has 0 aliphatic carbocycles. The van der Waals surface area contributed by atoms with E-state index in [1.807, 2.05) is 6.92 Å². The van der Waals surface area contributed by atoms with Crippen LogP contribution in [-0.4, -0.2) is 17.9 Å². The third-order valence-electron chi connectivity index (χ3n) is 3.34. The lowest BCUT2D eigenvalue weighted by Crippen LogP contribution is -2.32. The fourth-order valence-electron chi connectivity index (χ4n) is 2.16. The summed E-state index contributed by atoms with van der Waals surface area (Å²) in [6, 6.07) is 7.11. The highest BCUT2D eigenvalue weighted by Crippen LogP contribution is 2.10. The Balaban J connectivity index is 2.42. The van der Waals surface area contributed by atoms with Crippen LogP contribution in [0.2, 0.25) is 0 Å². The summed E-state index contributed by atoms with van der Waals surface area (Å²) in [6.07, 6.45) is 5.86. The van der Waals surface area contributed by atoms with Gasteiger partial charge in [-0.3, -0.25) is 9.59 Å². The molecule has 4 nitrogen and oxygen atoms in total. The smallest absolute Gasteiger partial charge is 0.251 e. The van der Waals surface area contributed by atoms with Gasteiger partial charge < -0.3 is 10.6 Å². The molecule has 1 aromatic carbocycles. The molecule has 2 amide bonds. The van der Waals surface area contributed by atoms with E-state index in [1.165, 1.54) is 26.2 Å². The van der Waals surface area contributed by atoms with E-state index >= 15 is 0 Å². The second-order valence-electron chi connectivity index (χ2n) is 5.48. The van der Waals surface area contributed by atoms with Crippen LogP contribution in [0.5, 0.6) is 0 Å². The number of hydrogen-bond donors (Lipinski definition) is 2. The Morgan fingerprint density at radius 1 is 1.10 bits per heavy atom. The van der Waals surface area contributed by atoms with Crippen molar-refractivity contribution in [3.63, 3.8) is 0 Å². The molecule has 1 unspecified atom stereocenters. The van der Waals surface area contributed by atoms with Crippen LogP contribution < -0.4 is 10.6 Å². The van der Waals surface area contributed by atoms with Crippen molar-refractivity contribution in [3.05, 3.63) is 29.8 Å². The molecule has 1 aromatic rings. The van der Waals surface area contributed by atoms with Gasteiger partial charge in [0.25, 0.3) is 5.91 Å². The van der Waals surface area contributed by atoms with Crippen molar-refractivity contribution in [1.29, 1.82) is 0 Å². The Morgan fingerprint density at radius 3 is 2.33 bits per heavy atom. The van der Waals surface area contributed by atoms with Gasteiger partial charge >= 0.3 is 0 Å². The quantitative estimate of drug-likeness (QED) is 0.717. The average Bonchev–Trinajstić information content (AvgIpc) is 2.43. The third kappa shape index (κ3) is 6.93. The summed E-state index contributed by atoms with van der Waals surface area (Å²) in [7, 11) is 0. The van der Waals surface area contributed by atoms with Crippen molar-refractivity contribution in [3.8, 4) is 0 Å². The zero-order valence-corrected chi connectivity index (χ0v) is 13.2. The summed E-state index contributed by atoms with van der Waals surface area (Å²) in [5.74, 6) is -0.180. The zero-order chi connectivity index (χ0) is 15.7. The monoisotopic (exact) mass is 290 g/mol. The Bertz CT molecular complexity index is 454. The lowest BCUT2D eigenvalue weighted by atomic mass is 10.1. The first-order valence-electron chi connectivity index (χ1n) is 7.71. The van der Waals surface area contributed by atoms with Crippen molar-refractivity contribution >= 4 is 17.5 Å². The Hall–Kier alpha value is -1.84. The van der Waals surface area contributed by atoms with Gasteiger partial charge in [0.05, 0.1) is 0 Å². The molecule has 0 saturated heterocycles. The van der Waals surface area contributed by atoms with Crippen LogP contribution in [0.3, 0.4) is 0 Å². The van der Waals surface area contributed by atoms with E-state index in [2.05, 4.69) is 17.6 Å². The molecule has 0 radical (unpaired) electrons. The zero-order valence-electron chi connectivity index (χ0n) is 13.2. The highest BCUT2D eigenvalue weighted by Gasteiger charge is 2.09. The highest BCUT2D eigenvalue weighted by atomic mass is 16.2. The average molecular weight is 290 g/mol. The van der Waals surface area contributed by atoms with Gasteiger partial charge in [0.15, 0.2) is 0 Å². The number of nitrogens with one attached hydrogen (secondary N) is 2. The fourth-order valence-corrected chi connectivity index (χ4v) is 2.16. The molecule has 1 atom stereocenters. The number of anilines is 1. The van der Waals surface area contributed by atoms with Gasteiger partial charge in [-0.05, 0) is 37.6 Å². The minimum Gasteiger partial charge on any atom is -0.350 e. The standard InChI is InChI=1S/C17H26N2O2/c1-4-5-6-7-8-13(2)18-17(21)15-9-11-16(12-10-15)19-14(3)20/h9-13H,4-8H2,1-3H3,(H,18,21)(H,19,20). The van der Waals surface area contributed by atoms with Gasteiger partial charge in [-0.1, -0.05) is 32.6 Å². The first-order valence-corrected chi connectivity index (χ1v) is 7.71. The molecule has 0 aliphatic rings. The van der Waals surface area contributed by atoms with E-state index in [1.54, 1.807) is 24.3 Å². The van der Waals surface area contributed by atoms with E-state index in [0.29, 0.717) is 11.3 Å². The van der Waals surface area contributed by atoms with E-state index < -0.39 is 0 Å². The molecule has 1 rings (SSSR count). The van der Waals surface area contributed by atoms with Crippen LogP contribution in [0, 0.1) is 0 Å². The van der Waals surface area contributed by atoms with Crippen LogP contribution in [0.15, 0.2) is 24.3 Å². The molecule has 4 heteroatoms. The summed E-state index contributed by atoms with van der Waals surface area (Å²) >= 11 is 0. The van der Waals surface area contributed by atoms with Crippen molar-refractivity contribution in [2.75, 3.05) is 5.32 Å². The number of carbonyl (C=O) groups excluding carboxylic acids is 2. The molecule has 21 heavy (non-hydrogen) atoms. The molecule has 0 saturated carbocycles. The molecular formula is C17H26N2O2. The van der Waals surface area contributed by atoms with Gasteiger partial charge in [-0.25, -0.2) is 0 Å². The maximum absolute atomic E-state index is 12.1. The summed E-state index contributed by atoms with van der Waals surface area (Å²) in [5.41, 5.74) is 1.32. The van der Waals surface area contributed by atoms with Gasteiger partial charge in [-0.15, -0.1) is 0 Å². The highest BCUT2D eigenvalue weighted by molar-refractivity contribution is 5.95. The predicted octanol–water partition coefficient (Wildman–Crippen LogP) is 3.73. The first-order chi connectivity index (χ1) is 10.0. The SMILES string of the molecule is CCCCCCC(C)NC(=O)c1ccc(NC(C)=O)cc1. The fraction of sp³-hybridized carbons (Fsp3) is 0.529. The molecule has 116 valence electrons. The van der Waals surface area contributed by atoms with Gasteiger partial charge in [0.1, 0.15) is 0 Å². The normalized spacial score (nSPS) is 11.8. The molecule has 0 aromatic heterocycles. The minimum atomic E-state index is -0.118. The Morgan fingerprint density at radius 2 is 1.76 bits per heavy atom. The van der Waals surface area contributed by atoms with Crippen LogP contribution in [0.25, 0.3) is 0 Å². The van der Waals surface area contributed by atoms with Crippen LogP contribution in [0.4, 0.5) is 5.69 Å². The van der Waals surface area contributed by atoms with Crippen LogP contribution >= 0.6 is 0 Å². The van der Waals surface area contributed by atoms with Crippen LogP contribution in [0.1, 0.15) is 63.2 Å². The molecule has 0 fully saturated rings.